The molecule has 188 valence electrons. The number of hydrogen-bond donors (Lipinski definition) is 2. The summed E-state index contributed by atoms with van der Waals surface area (Å²) in [6.45, 7) is 9.44. The van der Waals surface area contributed by atoms with Crippen molar-refractivity contribution < 1.29 is 18.7 Å². The van der Waals surface area contributed by atoms with Crippen LogP contribution in [0.1, 0.15) is 37.6 Å². The van der Waals surface area contributed by atoms with E-state index in [2.05, 4.69) is 26.6 Å². The molecule has 4 aromatic rings. The van der Waals surface area contributed by atoms with Crippen molar-refractivity contribution in [1.82, 2.24) is 20.5 Å². The molecule has 2 aromatic heterocycles. The minimum atomic E-state index is -0.642. The van der Waals surface area contributed by atoms with Gasteiger partial charge in [-0.2, -0.15) is 5.10 Å². The molecule has 0 aliphatic carbocycles. The molecule has 4 rings (SSSR count). The van der Waals surface area contributed by atoms with E-state index >= 15 is 0 Å². The summed E-state index contributed by atoms with van der Waals surface area (Å²) < 4.78 is 25.4. The number of rotatable bonds is 7. The minimum absolute atomic E-state index is 0.153. The molecule has 8 heteroatoms. The molecule has 36 heavy (non-hydrogen) atoms. The zero-order valence-corrected chi connectivity index (χ0v) is 21.2. The van der Waals surface area contributed by atoms with Gasteiger partial charge in [-0.3, -0.25) is 10.1 Å². The minimum Gasteiger partial charge on any atom is -0.490 e. The van der Waals surface area contributed by atoms with Gasteiger partial charge in [-0.1, -0.05) is 12.1 Å². The molecule has 0 radical (unpaired) electrons. The van der Waals surface area contributed by atoms with Crippen LogP contribution in [0.2, 0.25) is 0 Å². The van der Waals surface area contributed by atoms with E-state index < -0.39 is 17.7 Å². The molecule has 1 atom stereocenters. The van der Waals surface area contributed by atoms with Gasteiger partial charge in [0, 0.05) is 22.8 Å². The topological polar surface area (TPSA) is 89.1 Å². The summed E-state index contributed by atoms with van der Waals surface area (Å²) in [5, 5.41) is 11.2. The largest absolute Gasteiger partial charge is 0.490 e. The number of hydrogen-bond acceptors (Lipinski definition) is 5. The van der Waals surface area contributed by atoms with Crippen LogP contribution < -0.4 is 10.1 Å². The number of aromatic nitrogens is 3. The average Bonchev–Trinajstić information content (AvgIpc) is 3.19. The number of ether oxygens (including phenoxy) is 2. The average molecular weight is 491 g/mol. The third-order valence-electron chi connectivity index (χ3n) is 5.74. The molecule has 2 heterocycles. The standard InChI is InChI=1S/C28H31FN4O3/c1-17-6-8-22(29)10-20(17)11-23(31-27(34)36-28(3,4)5)16-35-24-12-21(14-30-15-24)19-7-9-26-25(13-19)18(2)32-33-26/h6-10,12-15,23H,11,16H2,1-5H3,(H,31,34)(H,32,33)/t23-/m0/s1. The first-order valence-electron chi connectivity index (χ1n) is 11.8. The fraction of sp³-hybridized carbons (Fsp3) is 0.321. The first kappa shape index (κ1) is 25.2. The van der Waals surface area contributed by atoms with Crippen LogP contribution in [-0.4, -0.2) is 39.5 Å². The van der Waals surface area contributed by atoms with E-state index in [0.717, 1.165) is 38.9 Å². The highest BCUT2D eigenvalue weighted by atomic mass is 19.1. The molecule has 2 N–H and O–H groups in total. The number of halogens is 1. The molecule has 7 nitrogen and oxygen atoms in total. The highest BCUT2D eigenvalue weighted by molar-refractivity contribution is 5.86. The van der Waals surface area contributed by atoms with Crippen LogP contribution in [0.5, 0.6) is 5.75 Å². The summed E-state index contributed by atoms with van der Waals surface area (Å²) in [6.07, 6.45) is 3.23. The van der Waals surface area contributed by atoms with Crippen molar-refractivity contribution in [3.63, 3.8) is 0 Å². The predicted molar refractivity (Wildman–Crippen MR) is 138 cm³/mol. The van der Waals surface area contributed by atoms with Crippen LogP contribution in [0.4, 0.5) is 9.18 Å². The molecule has 1 amide bonds. The molecule has 0 fully saturated rings. The van der Waals surface area contributed by atoms with Crippen molar-refractivity contribution >= 4 is 17.0 Å². The number of H-pyrrole nitrogens is 1. The van der Waals surface area contributed by atoms with E-state index in [1.807, 2.05) is 32.0 Å². The Hall–Kier alpha value is -3.94. The highest BCUT2D eigenvalue weighted by Crippen LogP contribution is 2.27. The Labute approximate surface area is 210 Å². The van der Waals surface area contributed by atoms with Crippen LogP contribution >= 0.6 is 0 Å². The Bertz CT molecular complexity index is 1380. The molecule has 0 bridgehead atoms. The third kappa shape index (κ3) is 6.38. The van der Waals surface area contributed by atoms with Gasteiger partial charge < -0.3 is 14.8 Å². The summed E-state index contributed by atoms with van der Waals surface area (Å²) >= 11 is 0. The van der Waals surface area contributed by atoms with Gasteiger partial charge in [-0.25, -0.2) is 9.18 Å². The second-order valence-electron chi connectivity index (χ2n) is 9.92. The summed E-state index contributed by atoms with van der Waals surface area (Å²) in [6, 6.07) is 12.1. The first-order chi connectivity index (χ1) is 17.1. The van der Waals surface area contributed by atoms with Crippen LogP contribution in [0.25, 0.3) is 22.0 Å². The Balaban J connectivity index is 1.52. The zero-order chi connectivity index (χ0) is 25.9. The zero-order valence-electron chi connectivity index (χ0n) is 21.2. The van der Waals surface area contributed by atoms with Gasteiger partial charge >= 0.3 is 6.09 Å². The summed E-state index contributed by atoms with van der Waals surface area (Å²) in [5.41, 5.74) is 4.86. The number of amides is 1. The Morgan fingerprint density at radius 1 is 1.08 bits per heavy atom. The Kier molecular flexibility index (Phi) is 7.24. The second-order valence-corrected chi connectivity index (χ2v) is 9.92. The number of aryl methyl sites for hydroxylation is 2. The number of aromatic amines is 1. The lowest BCUT2D eigenvalue weighted by Crippen LogP contribution is -2.43. The van der Waals surface area contributed by atoms with Crippen molar-refractivity contribution in [3.05, 3.63) is 77.5 Å². The normalized spacial score (nSPS) is 12.4. The molecule has 0 saturated heterocycles. The van der Waals surface area contributed by atoms with E-state index in [1.54, 1.807) is 39.2 Å². The molecule has 0 saturated carbocycles. The van der Waals surface area contributed by atoms with E-state index in [0.29, 0.717) is 12.2 Å². The number of carbonyl (C=O) groups is 1. The lowest BCUT2D eigenvalue weighted by atomic mass is 10.0. The highest BCUT2D eigenvalue weighted by Gasteiger charge is 2.21. The van der Waals surface area contributed by atoms with Crippen LogP contribution in [0.3, 0.4) is 0 Å². The first-order valence-corrected chi connectivity index (χ1v) is 11.8. The van der Waals surface area contributed by atoms with Crippen molar-refractivity contribution in [1.29, 1.82) is 0 Å². The monoisotopic (exact) mass is 490 g/mol. The lowest BCUT2D eigenvalue weighted by Gasteiger charge is -2.24. The number of fused-ring (bicyclic) bond motifs is 1. The number of alkyl carbamates (subject to hydrolysis) is 1. The van der Waals surface area contributed by atoms with E-state index in [1.165, 1.54) is 12.1 Å². The maximum Gasteiger partial charge on any atom is 0.408 e. The molecule has 0 aliphatic rings. The maximum atomic E-state index is 13.9. The predicted octanol–water partition coefficient (Wildman–Crippen LogP) is 5.90. The fourth-order valence-corrected chi connectivity index (χ4v) is 3.92. The third-order valence-corrected chi connectivity index (χ3v) is 5.74. The summed E-state index contributed by atoms with van der Waals surface area (Å²) in [7, 11) is 0. The van der Waals surface area contributed by atoms with Gasteiger partial charge in [0.25, 0.3) is 0 Å². The molecule has 2 aromatic carbocycles. The number of pyridine rings is 1. The van der Waals surface area contributed by atoms with E-state index in [9.17, 15) is 9.18 Å². The van der Waals surface area contributed by atoms with Gasteiger partial charge in [-0.05, 0) is 88.1 Å². The molecule has 0 spiro atoms. The smallest absolute Gasteiger partial charge is 0.408 e. The quantitative estimate of drug-likeness (QED) is 0.337. The fourth-order valence-electron chi connectivity index (χ4n) is 3.92. The number of nitrogens with one attached hydrogen (secondary N) is 2. The maximum absolute atomic E-state index is 13.9. The Morgan fingerprint density at radius 2 is 1.89 bits per heavy atom. The van der Waals surface area contributed by atoms with Gasteiger partial charge in [0.1, 0.15) is 23.8 Å². The number of carbonyl (C=O) groups excluding carboxylic acids is 1. The van der Waals surface area contributed by atoms with Crippen molar-refractivity contribution in [2.45, 2.75) is 52.7 Å². The lowest BCUT2D eigenvalue weighted by molar-refractivity contribution is 0.0487. The van der Waals surface area contributed by atoms with Gasteiger partial charge in [0.15, 0.2) is 0 Å². The number of benzene rings is 2. The molecule has 0 aliphatic heterocycles. The SMILES string of the molecule is Cc1ccc(F)cc1C[C@@H](COc1cncc(-c2ccc3n[nH]c(C)c3c2)c1)NC(=O)OC(C)(C)C. The molecule has 0 unspecified atom stereocenters. The van der Waals surface area contributed by atoms with Gasteiger partial charge in [0.2, 0.25) is 0 Å². The molecular formula is C28H31FN4O3. The number of nitrogens with zero attached hydrogens (tertiary/aromatic N) is 2. The van der Waals surface area contributed by atoms with Crippen LogP contribution in [0, 0.1) is 19.7 Å². The summed E-state index contributed by atoms with van der Waals surface area (Å²) in [5.74, 6) is 0.234. The van der Waals surface area contributed by atoms with Crippen LogP contribution in [0.15, 0.2) is 54.9 Å². The van der Waals surface area contributed by atoms with Gasteiger partial charge in [0.05, 0.1) is 17.8 Å². The summed E-state index contributed by atoms with van der Waals surface area (Å²) in [4.78, 5) is 16.8. The Morgan fingerprint density at radius 3 is 2.67 bits per heavy atom. The van der Waals surface area contributed by atoms with Crippen molar-refractivity contribution in [2.75, 3.05) is 6.61 Å². The van der Waals surface area contributed by atoms with Gasteiger partial charge in [-0.15, -0.1) is 0 Å². The second kappa shape index (κ2) is 10.4. The van der Waals surface area contributed by atoms with Crippen molar-refractivity contribution in [3.8, 4) is 16.9 Å². The van der Waals surface area contributed by atoms with Crippen molar-refractivity contribution in [2.24, 2.45) is 0 Å². The molecular weight excluding hydrogens is 459 g/mol. The van der Waals surface area contributed by atoms with E-state index in [-0.39, 0.29) is 12.4 Å². The van der Waals surface area contributed by atoms with Crippen LogP contribution in [-0.2, 0) is 11.2 Å². The van der Waals surface area contributed by atoms with E-state index in [4.69, 9.17) is 9.47 Å².